The van der Waals surface area contributed by atoms with Crippen LogP contribution in [-0.2, 0) is 0 Å². The Kier molecular flexibility index (Phi) is 15.9. The Labute approximate surface area is 176 Å². The summed E-state index contributed by atoms with van der Waals surface area (Å²) in [6.07, 6.45) is 19.9. The van der Waals surface area contributed by atoms with E-state index in [1.165, 1.54) is 95.6 Å². The third-order valence-corrected chi connectivity index (χ3v) is 5.66. The average molecular weight is 390 g/mol. The van der Waals surface area contributed by atoms with Crippen molar-refractivity contribution < 1.29 is 4.74 Å². The van der Waals surface area contributed by atoms with Gasteiger partial charge in [0.25, 0.3) is 0 Å². The highest BCUT2D eigenvalue weighted by molar-refractivity contribution is 5.50. The van der Waals surface area contributed by atoms with Crippen LogP contribution in [0.4, 0.5) is 5.69 Å². The molecule has 0 saturated heterocycles. The van der Waals surface area contributed by atoms with Crippen LogP contribution in [0.5, 0.6) is 5.75 Å². The second kappa shape index (κ2) is 17.9. The van der Waals surface area contributed by atoms with E-state index in [0.29, 0.717) is 0 Å². The second-order valence-electron chi connectivity index (χ2n) is 8.11. The lowest BCUT2D eigenvalue weighted by molar-refractivity contribution is 0.340. The molecule has 0 unspecified atom stereocenters. The van der Waals surface area contributed by atoms with Crippen molar-refractivity contribution in [1.29, 1.82) is 0 Å². The quantitative estimate of drug-likeness (QED) is 0.220. The Bertz CT molecular complexity index is 460. The normalized spacial score (nSPS) is 11.0. The maximum Gasteiger partial charge on any atom is 0.121 e. The monoisotopic (exact) mass is 389 g/mol. The number of benzene rings is 1. The topological polar surface area (TPSA) is 12.5 Å². The fraction of sp³-hybridized carbons (Fsp3) is 0.769. The van der Waals surface area contributed by atoms with Crippen LogP contribution in [0.3, 0.4) is 0 Å². The summed E-state index contributed by atoms with van der Waals surface area (Å²) in [6, 6.07) is 8.54. The van der Waals surface area contributed by atoms with Crippen LogP contribution in [0.25, 0.3) is 0 Å². The predicted octanol–water partition coefficient (Wildman–Crippen LogP) is 8.39. The Morgan fingerprint density at radius 1 is 0.679 bits per heavy atom. The zero-order valence-electron chi connectivity index (χ0n) is 19.2. The molecule has 0 amide bonds. The molecule has 2 nitrogen and oxygen atoms in total. The maximum atomic E-state index is 5.64. The Morgan fingerprint density at radius 2 is 1.21 bits per heavy atom. The minimum absolute atomic E-state index is 0.731. The number of rotatable bonds is 19. The van der Waals surface area contributed by atoms with Gasteiger partial charge in [-0.1, -0.05) is 96.5 Å². The molecule has 0 spiro atoms. The summed E-state index contributed by atoms with van der Waals surface area (Å²) in [6.45, 7) is 9.53. The number of nitrogens with zero attached hydrogens (tertiary/aromatic N) is 1. The number of anilines is 1. The summed E-state index contributed by atoms with van der Waals surface area (Å²) in [5.41, 5.74) is 1.29. The lowest BCUT2D eigenvalue weighted by Crippen LogP contribution is -2.23. The van der Waals surface area contributed by atoms with Crippen LogP contribution in [0.15, 0.2) is 24.3 Å². The highest BCUT2D eigenvalue weighted by atomic mass is 16.5. The summed E-state index contributed by atoms with van der Waals surface area (Å²) in [4.78, 5) is 2.48. The fourth-order valence-corrected chi connectivity index (χ4v) is 3.90. The van der Waals surface area contributed by atoms with E-state index in [9.17, 15) is 0 Å². The lowest BCUT2D eigenvalue weighted by Gasteiger charge is -2.23. The Balaban J connectivity index is 1.99. The zero-order chi connectivity index (χ0) is 20.3. The minimum Gasteiger partial charge on any atom is -0.494 e. The molecule has 0 fully saturated rings. The van der Waals surface area contributed by atoms with Crippen molar-refractivity contribution in [3.63, 3.8) is 0 Å². The van der Waals surface area contributed by atoms with Crippen LogP contribution in [0.1, 0.15) is 111 Å². The number of hydrogen-bond acceptors (Lipinski definition) is 2. The molecule has 0 heterocycles. The molecule has 1 aromatic carbocycles. The van der Waals surface area contributed by atoms with Crippen LogP contribution in [-0.4, -0.2) is 19.7 Å². The van der Waals surface area contributed by atoms with Crippen molar-refractivity contribution in [3.05, 3.63) is 24.3 Å². The standard InChI is InChI=1S/C26H47NO/c1-4-7-8-9-10-11-12-13-14-15-16-17-18-19-23-27(5-2)25-21-20-22-26(24-25)28-6-3/h20-22,24H,4-19,23H2,1-3H3. The first-order valence-corrected chi connectivity index (χ1v) is 12.3. The summed E-state index contributed by atoms with van der Waals surface area (Å²) in [5, 5.41) is 0. The van der Waals surface area contributed by atoms with Crippen molar-refractivity contribution in [1.82, 2.24) is 0 Å². The second-order valence-corrected chi connectivity index (χ2v) is 8.11. The molecular weight excluding hydrogens is 342 g/mol. The van der Waals surface area contributed by atoms with Gasteiger partial charge in [0.05, 0.1) is 6.61 Å². The first-order valence-electron chi connectivity index (χ1n) is 12.3. The van der Waals surface area contributed by atoms with Gasteiger partial charge in [0.1, 0.15) is 5.75 Å². The molecule has 0 aliphatic rings. The minimum atomic E-state index is 0.731. The van der Waals surface area contributed by atoms with Crippen molar-refractivity contribution in [2.75, 3.05) is 24.6 Å². The van der Waals surface area contributed by atoms with Gasteiger partial charge in [-0.25, -0.2) is 0 Å². The molecule has 1 rings (SSSR count). The van der Waals surface area contributed by atoms with Crippen molar-refractivity contribution in [2.24, 2.45) is 0 Å². The number of ether oxygens (including phenoxy) is 1. The highest BCUT2D eigenvalue weighted by Crippen LogP contribution is 2.22. The van der Waals surface area contributed by atoms with Gasteiger partial charge in [-0.3, -0.25) is 0 Å². The zero-order valence-corrected chi connectivity index (χ0v) is 19.2. The summed E-state index contributed by atoms with van der Waals surface area (Å²) in [5.74, 6) is 0.986. The lowest BCUT2D eigenvalue weighted by atomic mass is 10.0. The molecule has 0 radical (unpaired) electrons. The van der Waals surface area contributed by atoms with E-state index in [4.69, 9.17) is 4.74 Å². The third-order valence-electron chi connectivity index (χ3n) is 5.66. The molecule has 0 aliphatic carbocycles. The fourth-order valence-electron chi connectivity index (χ4n) is 3.90. The molecule has 0 bridgehead atoms. The summed E-state index contributed by atoms with van der Waals surface area (Å²) >= 11 is 0. The van der Waals surface area contributed by atoms with Crippen LogP contribution < -0.4 is 9.64 Å². The van der Waals surface area contributed by atoms with E-state index < -0.39 is 0 Å². The van der Waals surface area contributed by atoms with Crippen LogP contribution in [0, 0.1) is 0 Å². The van der Waals surface area contributed by atoms with E-state index in [0.717, 1.165) is 25.4 Å². The first kappa shape index (κ1) is 24.9. The predicted molar refractivity (Wildman–Crippen MR) is 126 cm³/mol. The Hall–Kier alpha value is -1.18. The maximum absolute atomic E-state index is 5.64. The molecule has 0 N–H and O–H groups in total. The van der Waals surface area contributed by atoms with E-state index in [-0.39, 0.29) is 0 Å². The summed E-state index contributed by atoms with van der Waals surface area (Å²) in [7, 11) is 0. The van der Waals surface area contributed by atoms with E-state index >= 15 is 0 Å². The van der Waals surface area contributed by atoms with E-state index in [1.54, 1.807) is 0 Å². The first-order chi connectivity index (χ1) is 13.8. The van der Waals surface area contributed by atoms with Crippen molar-refractivity contribution in [3.8, 4) is 5.75 Å². The van der Waals surface area contributed by atoms with Crippen LogP contribution >= 0.6 is 0 Å². The summed E-state index contributed by atoms with van der Waals surface area (Å²) < 4.78 is 5.64. The van der Waals surface area contributed by atoms with E-state index in [2.05, 4.69) is 36.9 Å². The molecular formula is C26H47NO. The van der Waals surface area contributed by atoms with Crippen molar-refractivity contribution >= 4 is 5.69 Å². The van der Waals surface area contributed by atoms with E-state index in [1.807, 2.05) is 13.0 Å². The molecule has 28 heavy (non-hydrogen) atoms. The van der Waals surface area contributed by atoms with Gasteiger partial charge < -0.3 is 9.64 Å². The molecule has 0 atom stereocenters. The molecule has 1 aromatic rings. The average Bonchev–Trinajstić information content (AvgIpc) is 2.71. The molecule has 0 saturated carbocycles. The van der Waals surface area contributed by atoms with Gasteiger partial charge in [-0.05, 0) is 32.4 Å². The highest BCUT2D eigenvalue weighted by Gasteiger charge is 2.05. The van der Waals surface area contributed by atoms with Crippen LogP contribution in [0.2, 0.25) is 0 Å². The van der Waals surface area contributed by atoms with Gasteiger partial charge >= 0.3 is 0 Å². The van der Waals surface area contributed by atoms with Gasteiger partial charge in [0, 0.05) is 24.8 Å². The van der Waals surface area contributed by atoms with Gasteiger partial charge in [0.15, 0.2) is 0 Å². The molecule has 0 aromatic heterocycles. The smallest absolute Gasteiger partial charge is 0.121 e. The third kappa shape index (κ3) is 12.3. The SMILES string of the molecule is CCCCCCCCCCCCCCCCN(CC)c1cccc(OCC)c1. The van der Waals surface area contributed by atoms with Gasteiger partial charge in [-0.15, -0.1) is 0 Å². The molecule has 162 valence electrons. The molecule has 2 heteroatoms. The van der Waals surface area contributed by atoms with Gasteiger partial charge in [0.2, 0.25) is 0 Å². The van der Waals surface area contributed by atoms with Gasteiger partial charge in [-0.2, -0.15) is 0 Å². The Morgan fingerprint density at radius 3 is 1.71 bits per heavy atom. The number of unbranched alkanes of at least 4 members (excludes halogenated alkanes) is 13. The van der Waals surface area contributed by atoms with Crippen molar-refractivity contribution in [2.45, 2.75) is 111 Å². The largest absolute Gasteiger partial charge is 0.494 e. The molecule has 0 aliphatic heterocycles. The number of hydrogen-bond donors (Lipinski definition) is 0.